The molecule has 1 saturated heterocycles. The summed E-state index contributed by atoms with van der Waals surface area (Å²) in [5.74, 6) is -0.691. The molecule has 0 saturated carbocycles. The van der Waals surface area contributed by atoms with Crippen LogP contribution in [0.3, 0.4) is 0 Å². The van der Waals surface area contributed by atoms with E-state index in [9.17, 15) is 14.4 Å². The summed E-state index contributed by atoms with van der Waals surface area (Å²) in [7, 11) is 0. The third-order valence-corrected chi connectivity index (χ3v) is 6.77. The van der Waals surface area contributed by atoms with Gasteiger partial charge in [0.25, 0.3) is 5.91 Å². The van der Waals surface area contributed by atoms with Crippen molar-refractivity contribution in [2.45, 2.75) is 58.5 Å². The van der Waals surface area contributed by atoms with Crippen LogP contribution in [-0.2, 0) is 14.4 Å². The molecule has 0 N–H and O–H groups in total. The predicted molar refractivity (Wildman–Crippen MR) is 126 cm³/mol. The first-order chi connectivity index (χ1) is 15.4. The van der Waals surface area contributed by atoms with Gasteiger partial charge >= 0.3 is 0 Å². The number of likely N-dealkylation sites (tertiary alicyclic amines) is 1. The number of hydrogen-bond donors (Lipinski definition) is 0. The van der Waals surface area contributed by atoms with Gasteiger partial charge in [-0.05, 0) is 36.8 Å². The zero-order valence-corrected chi connectivity index (χ0v) is 19.4. The number of hydrogen-bond acceptors (Lipinski definition) is 3. The van der Waals surface area contributed by atoms with Gasteiger partial charge in [-0.2, -0.15) is 0 Å². The van der Waals surface area contributed by atoms with Gasteiger partial charge in [0, 0.05) is 24.4 Å². The van der Waals surface area contributed by atoms with E-state index < -0.39 is 11.3 Å². The fraction of sp³-hybridized carbons (Fsp3) is 0.444. The topological polar surface area (TPSA) is 57.7 Å². The van der Waals surface area contributed by atoms with Gasteiger partial charge in [-0.1, -0.05) is 81.4 Å². The Kier molecular flexibility index (Phi) is 7.84. The molecular formula is C27H34N2O3. The normalized spacial score (nSPS) is 16.2. The Balaban J connectivity index is 1.76. The van der Waals surface area contributed by atoms with Crippen molar-refractivity contribution in [2.75, 3.05) is 13.1 Å². The average molecular weight is 435 g/mol. The van der Waals surface area contributed by atoms with E-state index in [1.807, 2.05) is 43.3 Å². The molecule has 5 nitrogen and oxygen atoms in total. The lowest BCUT2D eigenvalue weighted by Gasteiger charge is -2.34. The zero-order chi connectivity index (χ0) is 23.1. The van der Waals surface area contributed by atoms with Crippen LogP contribution in [0.15, 0.2) is 60.7 Å². The SMILES string of the molecule is CCC(C)(C)C(=O)C(=O)N1CCC[C@H]1N(C=O)CCC(c1ccccc1)c1ccccc1. The molecule has 2 aromatic rings. The Labute approximate surface area is 191 Å². The third kappa shape index (κ3) is 5.26. The first-order valence-electron chi connectivity index (χ1n) is 11.6. The summed E-state index contributed by atoms with van der Waals surface area (Å²) in [6.45, 7) is 6.55. The monoisotopic (exact) mass is 434 g/mol. The van der Waals surface area contributed by atoms with Crippen molar-refractivity contribution < 1.29 is 14.4 Å². The van der Waals surface area contributed by atoms with Crippen molar-refractivity contribution in [3.8, 4) is 0 Å². The number of carbonyl (C=O) groups excluding carboxylic acids is 3. The molecule has 1 atom stereocenters. The second-order valence-electron chi connectivity index (χ2n) is 9.19. The van der Waals surface area contributed by atoms with E-state index in [2.05, 4.69) is 24.3 Å². The maximum atomic E-state index is 13.0. The van der Waals surface area contributed by atoms with Crippen LogP contribution in [0.4, 0.5) is 0 Å². The van der Waals surface area contributed by atoms with Crippen LogP contribution >= 0.6 is 0 Å². The minimum Gasteiger partial charge on any atom is -0.325 e. The second kappa shape index (κ2) is 10.6. The molecule has 2 amide bonds. The summed E-state index contributed by atoms with van der Waals surface area (Å²) in [4.78, 5) is 41.2. The smallest absolute Gasteiger partial charge is 0.292 e. The van der Waals surface area contributed by atoms with Crippen molar-refractivity contribution in [2.24, 2.45) is 5.41 Å². The Morgan fingerprint density at radius 1 is 1.06 bits per heavy atom. The molecule has 0 spiro atoms. The van der Waals surface area contributed by atoms with Gasteiger partial charge in [0.15, 0.2) is 0 Å². The minimum absolute atomic E-state index is 0.145. The molecule has 1 aliphatic heterocycles. The Morgan fingerprint density at radius 2 is 1.62 bits per heavy atom. The number of ketones is 1. The first-order valence-corrected chi connectivity index (χ1v) is 11.6. The van der Waals surface area contributed by atoms with Crippen molar-refractivity contribution >= 4 is 18.1 Å². The summed E-state index contributed by atoms with van der Waals surface area (Å²) in [6.07, 6.45) is 3.30. The summed E-state index contributed by atoms with van der Waals surface area (Å²) >= 11 is 0. The lowest BCUT2D eigenvalue weighted by molar-refractivity contribution is -0.152. The number of carbonyl (C=O) groups is 3. The highest BCUT2D eigenvalue weighted by atomic mass is 16.2. The average Bonchev–Trinajstić information content (AvgIpc) is 3.31. The van der Waals surface area contributed by atoms with Gasteiger partial charge in [-0.15, -0.1) is 0 Å². The van der Waals surface area contributed by atoms with E-state index >= 15 is 0 Å². The van der Waals surface area contributed by atoms with Gasteiger partial charge < -0.3 is 9.80 Å². The van der Waals surface area contributed by atoms with Gasteiger partial charge in [0.1, 0.15) is 6.17 Å². The van der Waals surface area contributed by atoms with Gasteiger partial charge in [0.2, 0.25) is 12.2 Å². The van der Waals surface area contributed by atoms with E-state index in [1.165, 1.54) is 11.1 Å². The number of nitrogens with zero attached hydrogens (tertiary/aromatic N) is 2. The maximum Gasteiger partial charge on any atom is 0.292 e. The van der Waals surface area contributed by atoms with E-state index in [0.717, 1.165) is 19.3 Å². The fourth-order valence-corrected chi connectivity index (χ4v) is 4.36. The molecule has 1 aliphatic rings. The molecule has 3 rings (SSSR count). The first kappa shape index (κ1) is 23.7. The quantitative estimate of drug-likeness (QED) is 0.405. The number of rotatable bonds is 10. The zero-order valence-electron chi connectivity index (χ0n) is 19.4. The summed E-state index contributed by atoms with van der Waals surface area (Å²) in [5, 5.41) is 0. The summed E-state index contributed by atoms with van der Waals surface area (Å²) in [6, 6.07) is 20.6. The predicted octanol–water partition coefficient (Wildman–Crippen LogP) is 4.62. The van der Waals surface area contributed by atoms with Crippen molar-refractivity contribution in [1.29, 1.82) is 0 Å². The molecule has 32 heavy (non-hydrogen) atoms. The standard InChI is InChI=1S/C27H34N2O3/c1-4-27(2,3)25(31)26(32)29-18-11-16-24(29)28(20-30)19-17-23(21-12-7-5-8-13-21)22-14-9-6-10-15-22/h5-10,12-15,20,23-24H,4,11,16-19H2,1-3H3/t24-/m0/s1. The van der Waals surface area contributed by atoms with Crippen LogP contribution in [0, 0.1) is 5.41 Å². The van der Waals surface area contributed by atoms with E-state index in [-0.39, 0.29) is 17.9 Å². The Bertz CT molecular complexity index is 872. The second-order valence-corrected chi connectivity index (χ2v) is 9.19. The van der Waals surface area contributed by atoms with E-state index in [1.54, 1.807) is 23.6 Å². The van der Waals surface area contributed by atoms with E-state index in [0.29, 0.717) is 25.9 Å². The van der Waals surface area contributed by atoms with Crippen molar-refractivity contribution in [3.63, 3.8) is 0 Å². The molecule has 0 bridgehead atoms. The third-order valence-electron chi connectivity index (χ3n) is 6.77. The van der Waals surface area contributed by atoms with Crippen molar-refractivity contribution in [3.05, 3.63) is 71.8 Å². The van der Waals surface area contributed by atoms with Crippen LogP contribution in [0.1, 0.15) is 63.5 Å². The molecule has 2 aromatic carbocycles. The minimum atomic E-state index is -0.693. The summed E-state index contributed by atoms with van der Waals surface area (Å²) < 4.78 is 0. The number of benzene rings is 2. The van der Waals surface area contributed by atoms with Crippen LogP contribution < -0.4 is 0 Å². The molecule has 1 fully saturated rings. The molecule has 5 heteroatoms. The molecule has 0 aliphatic carbocycles. The van der Waals surface area contributed by atoms with Crippen LogP contribution in [0.5, 0.6) is 0 Å². The van der Waals surface area contributed by atoms with Crippen molar-refractivity contribution in [1.82, 2.24) is 9.80 Å². The molecule has 170 valence electrons. The largest absolute Gasteiger partial charge is 0.325 e. The number of amides is 2. The fourth-order valence-electron chi connectivity index (χ4n) is 4.36. The Hall–Kier alpha value is -2.95. The Morgan fingerprint density at radius 3 is 2.12 bits per heavy atom. The van der Waals surface area contributed by atoms with Gasteiger partial charge in [-0.25, -0.2) is 0 Å². The lowest BCUT2D eigenvalue weighted by Crippen LogP contribution is -2.51. The highest BCUT2D eigenvalue weighted by Gasteiger charge is 2.40. The molecule has 0 aromatic heterocycles. The maximum absolute atomic E-state index is 13.0. The van der Waals surface area contributed by atoms with Crippen LogP contribution in [0.2, 0.25) is 0 Å². The molecular weight excluding hydrogens is 400 g/mol. The van der Waals surface area contributed by atoms with Gasteiger partial charge in [-0.3, -0.25) is 14.4 Å². The molecule has 1 heterocycles. The van der Waals surface area contributed by atoms with Crippen LogP contribution in [-0.4, -0.2) is 47.2 Å². The number of Topliss-reactive ketones (excluding diaryl/α,β-unsaturated/α-hetero) is 1. The van der Waals surface area contributed by atoms with Crippen LogP contribution in [0.25, 0.3) is 0 Å². The highest BCUT2D eigenvalue weighted by molar-refractivity contribution is 6.38. The van der Waals surface area contributed by atoms with E-state index in [4.69, 9.17) is 0 Å². The summed E-state index contributed by atoms with van der Waals surface area (Å²) in [5.41, 5.74) is 1.70. The lowest BCUT2D eigenvalue weighted by atomic mass is 9.84. The molecule has 0 unspecified atom stereocenters. The molecule has 0 radical (unpaired) electrons. The van der Waals surface area contributed by atoms with Gasteiger partial charge in [0.05, 0.1) is 0 Å². The highest BCUT2D eigenvalue weighted by Crippen LogP contribution is 2.30.